The highest BCUT2D eigenvalue weighted by Gasteiger charge is 2.15. The molecule has 0 saturated carbocycles. The van der Waals surface area contributed by atoms with Gasteiger partial charge in [-0.1, -0.05) is 0 Å². The van der Waals surface area contributed by atoms with Crippen LogP contribution in [0.4, 0.5) is 11.4 Å². The number of non-ortho nitro benzene ring substituents is 1. The predicted octanol–water partition coefficient (Wildman–Crippen LogP) is 3.12. The van der Waals surface area contributed by atoms with Gasteiger partial charge in [0.15, 0.2) is 0 Å². The summed E-state index contributed by atoms with van der Waals surface area (Å²) in [6.07, 6.45) is 1.03. The van der Waals surface area contributed by atoms with E-state index in [-0.39, 0.29) is 17.1 Å². The van der Waals surface area contributed by atoms with E-state index in [2.05, 4.69) is 20.7 Å². The lowest BCUT2D eigenvalue weighted by Crippen LogP contribution is -2.17. The molecule has 0 aromatic heterocycles. The Labute approximate surface area is 124 Å². The number of benzene rings is 1. The van der Waals surface area contributed by atoms with E-state index in [1.807, 2.05) is 0 Å². The van der Waals surface area contributed by atoms with E-state index < -0.39 is 14.9 Å². The first-order valence-corrected chi connectivity index (χ1v) is 8.34. The summed E-state index contributed by atoms with van der Waals surface area (Å²) in [5, 5.41) is 10.6. The van der Waals surface area contributed by atoms with Gasteiger partial charge in [-0.3, -0.25) is 14.8 Å². The first kappa shape index (κ1) is 16.2. The van der Waals surface area contributed by atoms with Gasteiger partial charge in [0, 0.05) is 22.5 Å². The maximum atomic E-state index is 11.8. The summed E-state index contributed by atoms with van der Waals surface area (Å²) < 4.78 is 26.3. The normalized spacial score (nSPS) is 11.3. The van der Waals surface area contributed by atoms with Gasteiger partial charge >= 0.3 is 0 Å². The molecule has 0 radical (unpaired) electrons. The minimum absolute atomic E-state index is 0.0746. The Morgan fingerprint density at radius 3 is 2.63 bits per heavy atom. The number of sulfonamides is 1. The number of anilines is 1. The maximum Gasteiger partial charge on any atom is 0.271 e. The van der Waals surface area contributed by atoms with E-state index in [9.17, 15) is 18.5 Å². The van der Waals surface area contributed by atoms with Gasteiger partial charge in [-0.15, -0.1) is 11.6 Å². The van der Waals surface area contributed by atoms with Gasteiger partial charge in [-0.05, 0) is 34.8 Å². The number of nitro benzene ring substituents is 1. The highest BCUT2D eigenvalue weighted by atomic mass is 79.9. The molecule has 19 heavy (non-hydrogen) atoms. The number of hydrogen-bond donors (Lipinski definition) is 1. The second kappa shape index (κ2) is 7.06. The summed E-state index contributed by atoms with van der Waals surface area (Å²) in [6, 6.07) is 3.88. The van der Waals surface area contributed by atoms with Crippen molar-refractivity contribution in [3.63, 3.8) is 0 Å². The molecule has 0 atom stereocenters. The van der Waals surface area contributed by atoms with Gasteiger partial charge in [0.05, 0.1) is 16.4 Å². The molecule has 0 spiro atoms. The fourth-order valence-corrected chi connectivity index (χ4v) is 3.17. The van der Waals surface area contributed by atoms with E-state index in [1.165, 1.54) is 18.2 Å². The molecule has 1 aromatic carbocycles. The Bertz CT molecular complexity index is 565. The number of nitrogens with zero attached hydrogens (tertiary/aromatic N) is 1. The van der Waals surface area contributed by atoms with Crippen molar-refractivity contribution in [2.75, 3.05) is 16.4 Å². The van der Waals surface area contributed by atoms with Crippen molar-refractivity contribution in [3.05, 3.63) is 32.8 Å². The van der Waals surface area contributed by atoms with Crippen molar-refractivity contribution in [2.45, 2.75) is 12.8 Å². The van der Waals surface area contributed by atoms with Crippen LogP contribution in [0.25, 0.3) is 0 Å². The van der Waals surface area contributed by atoms with Gasteiger partial charge < -0.3 is 0 Å². The van der Waals surface area contributed by atoms with Crippen molar-refractivity contribution < 1.29 is 13.3 Å². The molecule has 9 heteroatoms. The fraction of sp³-hybridized carbons (Fsp3) is 0.400. The largest absolute Gasteiger partial charge is 0.282 e. The number of rotatable bonds is 7. The lowest BCUT2D eigenvalue weighted by atomic mass is 10.3. The Hall–Kier alpha value is -0.860. The molecule has 0 aliphatic carbocycles. The molecule has 0 bridgehead atoms. The fourth-order valence-electron chi connectivity index (χ4n) is 1.31. The summed E-state index contributed by atoms with van der Waals surface area (Å²) >= 11 is 8.62. The lowest BCUT2D eigenvalue weighted by molar-refractivity contribution is -0.384. The molecule has 0 amide bonds. The summed E-state index contributed by atoms with van der Waals surface area (Å²) in [5.41, 5.74) is -0.0262. The summed E-state index contributed by atoms with van der Waals surface area (Å²) in [6.45, 7) is 0. The minimum Gasteiger partial charge on any atom is -0.282 e. The molecule has 0 fully saturated rings. The predicted molar refractivity (Wildman–Crippen MR) is 78.2 cm³/mol. The van der Waals surface area contributed by atoms with Crippen LogP contribution in [-0.4, -0.2) is 25.0 Å². The van der Waals surface area contributed by atoms with Crippen LogP contribution >= 0.6 is 27.5 Å². The maximum absolute atomic E-state index is 11.8. The molecule has 0 aliphatic rings. The number of hydrogen-bond acceptors (Lipinski definition) is 4. The molecule has 0 aliphatic heterocycles. The van der Waals surface area contributed by atoms with Gasteiger partial charge in [0.25, 0.3) is 5.69 Å². The quantitative estimate of drug-likeness (QED) is 0.345. The SMILES string of the molecule is O=[N+]([O-])c1ccc(Br)c(NS(=O)(=O)CCCCCl)c1. The molecule has 0 saturated heterocycles. The van der Waals surface area contributed by atoms with E-state index >= 15 is 0 Å². The van der Waals surface area contributed by atoms with Crippen LogP contribution in [0.15, 0.2) is 22.7 Å². The van der Waals surface area contributed by atoms with E-state index in [1.54, 1.807) is 0 Å². The van der Waals surface area contributed by atoms with Crippen LogP contribution in [0.5, 0.6) is 0 Å². The number of nitro groups is 1. The third-order valence-electron chi connectivity index (χ3n) is 2.22. The van der Waals surface area contributed by atoms with Crippen molar-refractivity contribution in [1.29, 1.82) is 0 Å². The summed E-state index contributed by atoms with van der Waals surface area (Å²) in [7, 11) is -3.53. The number of nitrogens with one attached hydrogen (secondary N) is 1. The molecule has 106 valence electrons. The number of unbranched alkanes of at least 4 members (excludes halogenated alkanes) is 1. The zero-order valence-corrected chi connectivity index (χ0v) is 13.0. The third-order valence-corrected chi connectivity index (χ3v) is 4.54. The summed E-state index contributed by atoms with van der Waals surface area (Å²) in [4.78, 5) is 10.1. The average molecular weight is 372 g/mol. The Morgan fingerprint density at radius 1 is 1.37 bits per heavy atom. The zero-order valence-electron chi connectivity index (χ0n) is 9.80. The van der Waals surface area contributed by atoms with Crippen LogP contribution in [-0.2, 0) is 10.0 Å². The van der Waals surface area contributed by atoms with Crippen molar-refractivity contribution >= 4 is 48.9 Å². The molecular formula is C10H12BrClN2O4S. The van der Waals surface area contributed by atoms with Gasteiger partial charge in [0.2, 0.25) is 10.0 Å². The Balaban J connectivity index is 2.86. The smallest absolute Gasteiger partial charge is 0.271 e. The van der Waals surface area contributed by atoms with Crippen LogP contribution in [0.3, 0.4) is 0 Å². The van der Waals surface area contributed by atoms with Crippen molar-refractivity contribution in [3.8, 4) is 0 Å². The lowest BCUT2D eigenvalue weighted by Gasteiger charge is -2.09. The van der Waals surface area contributed by atoms with Gasteiger partial charge in [-0.25, -0.2) is 8.42 Å². The first-order chi connectivity index (χ1) is 8.85. The molecular weight excluding hydrogens is 360 g/mol. The molecule has 1 aromatic rings. The molecule has 1 rings (SSSR count). The molecule has 6 nitrogen and oxygen atoms in total. The monoisotopic (exact) mass is 370 g/mol. The second-order valence-electron chi connectivity index (χ2n) is 3.74. The number of alkyl halides is 1. The average Bonchev–Trinajstić information content (AvgIpc) is 2.31. The topological polar surface area (TPSA) is 89.3 Å². The van der Waals surface area contributed by atoms with E-state index in [4.69, 9.17) is 11.6 Å². The Kier molecular flexibility index (Phi) is 6.02. The van der Waals surface area contributed by atoms with Crippen LogP contribution in [0.1, 0.15) is 12.8 Å². The minimum atomic E-state index is -3.53. The van der Waals surface area contributed by atoms with Crippen molar-refractivity contribution in [1.82, 2.24) is 0 Å². The molecule has 0 heterocycles. The Morgan fingerprint density at radius 2 is 2.05 bits per heavy atom. The summed E-state index contributed by atoms with van der Waals surface area (Å²) in [5.74, 6) is 0.324. The van der Waals surface area contributed by atoms with Crippen molar-refractivity contribution in [2.24, 2.45) is 0 Å². The van der Waals surface area contributed by atoms with Crippen LogP contribution in [0.2, 0.25) is 0 Å². The van der Waals surface area contributed by atoms with Gasteiger partial charge in [-0.2, -0.15) is 0 Å². The second-order valence-corrected chi connectivity index (χ2v) is 6.81. The highest BCUT2D eigenvalue weighted by Crippen LogP contribution is 2.28. The molecule has 1 N–H and O–H groups in total. The molecule has 0 unspecified atom stereocenters. The van der Waals surface area contributed by atoms with Gasteiger partial charge in [0.1, 0.15) is 0 Å². The third kappa shape index (κ3) is 5.33. The van der Waals surface area contributed by atoms with E-state index in [0.29, 0.717) is 23.2 Å². The van der Waals surface area contributed by atoms with E-state index in [0.717, 1.165) is 0 Å². The van der Waals surface area contributed by atoms with Crippen LogP contribution in [0, 0.1) is 10.1 Å². The first-order valence-electron chi connectivity index (χ1n) is 5.36. The standard InChI is InChI=1S/C10H12BrClN2O4S/c11-9-4-3-8(14(15)16)7-10(9)13-19(17,18)6-2-1-5-12/h3-4,7,13H,1-2,5-6H2. The zero-order chi connectivity index (χ0) is 14.5. The highest BCUT2D eigenvalue weighted by molar-refractivity contribution is 9.10. The van der Waals surface area contributed by atoms with Crippen LogP contribution < -0.4 is 4.72 Å². The number of halogens is 2.